The quantitative estimate of drug-likeness (QED) is 0.721. The Hall–Kier alpha value is -0.910. The summed E-state index contributed by atoms with van der Waals surface area (Å²) in [6.07, 6.45) is 4.14. The van der Waals surface area contributed by atoms with Crippen LogP contribution in [0.5, 0.6) is 0 Å². The molecule has 2 rings (SSSR count). The Labute approximate surface area is 114 Å². The molecule has 0 aromatic heterocycles. The van der Waals surface area contributed by atoms with E-state index in [-0.39, 0.29) is 12.0 Å². The fourth-order valence-electron chi connectivity index (χ4n) is 2.20. The molecule has 1 aliphatic rings. The SMILES string of the molecule is CS(=O)(=O)OCC1(COCc2ccccc2)CCC1. The molecule has 1 aromatic carbocycles. The van der Waals surface area contributed by atoms with Crippen LogP contribution >= 0.6 is 0 Å². The second-order valence-electron chi connectivity index (χ2n) is 5.30. The molecule has 19 heavy (non-hydrogen) atoms. The topological polar surface area (TPSA) is 52.6 Å². The zero-order valence-corrected chi connectivity index (χ0v) is 12.0. The van der Waals surface area contributed by atoms with Crippen LogP contribution in [0.25, 0.3) is 0 Å². The summed E-state index contributed by atoms with van der Waals surface area (Å²) in [5, 5.41) is 0. The van der Waals surface area contributed by atoms with Crippen LogP contribution in [0.3, 0.4) is 0 Å². The lowest BCUT2D eigenvalue weighted by Crippen LogP contribution is -2.39. The number of hydrogen-bond acceptors (Lipinski definition) is 4. The molecule has 1 aliphatic carbocycles. The van der Waals surface area contributed by atoms with Crippen molar-refractivity contribution in [2.24, 2.45) is 5.41 Å². The number of hydrogen-bond donors (Lipinski definition) is 0. The lowest BCUT2D eigenvalue weighted by Gasteiger charge is -2.40. The van der Waals surface area contributed by atoms with Gasteiger partial charge in [0, 0.05) is 5.41 Å². The molecule has 0 radical (unpaired) electrons. The van der Waals surface area contributed by atoms with E-state index in [9.17, 15) is 8.42 Å². The minimum Gasteiger partial charge on any atom is -0.376 e. The summed E-state index contributed by atoms with van der Waals surface area (Å²) in [5.74, 6) is 0. The van der Waals surface area contributed by atoms with Gasteiger partial charge >= 0.3 is 0 Å². The molecular formula is C14H20O4S. The first-order valence-electron chi connectivity index (χ1n) is 6.45. The number of ether oxygens (including phenoxy) is 1. The maximum absolute atomic E-state index is 11.1. The summed E-state index contributed by atoms with van der Waals surface area (Å²) in [4.78, 5) is 0. The Bertz CT molecular complexity index is 491. The fraction of sp³-hybridized carbons (Fsp3) is 0.571. The molecule has 0 heterocycles. The van der Waals surface area contributed by atoms with Gasteiger partial charge in [-0.05, 0) is 18.4 Å². The normalized spacial score (nSPS) is 17.9. The van der Waals surface area contributed by atoms with E-state index in [4.69, 9.17) is 8.92 Å². The lowest BCUT2D eigenvalue weighted by molar-refractivity contribution is -0.0400. The van der Waals surface area contributed by atoms with Crippen molar-refractivity contribution >= 4 is 10.1 Å². The molecule has 1 saturated carbocycles. The third-order valence-electron chi connectivity index (χ3n) is 3.51. The summed E-state index contributed by atoms with van der Waals surface area (Å²) >= 11 is 0. The maximum Gasteiger partial charge on any atom is 0.264 e. The highest BCUT2D eigenvalue weighted by molar-refractivity contribution is 7.85. The van der Waals surface area contributed by atoms with Crippen molar-refractivity contribution in [2.75, 3.05) is 19.5 Å². The van der Waals surface area contributed by atoms with Crippen molar-refractivity contribution in [1.82, 2.24) is 0 Å². The molecule has 0 saturated heterocycles. The molecule has 1 fully saturated rings. The second-order valence-corrected chi connectivity index (χ2v) is 6.94. The first-order valence-corrected chi connectivity index (χ1v) is 8.27. The molecule has 0 N–H and O–H groups in total. The van der Waals surface area contributed by atoms with E-state index in [1.54, 1.807) is 0 Å². The Balaban J connectivity index is 1.79. The van der Waals surface area contributed by atoms with Crippen LogP contribution < -0.4 is 0 Å². The monoisotopic (exact) mass is 284 g/mol. The highest BCUT2D eigenvalue weighted by Gasteiger charge is 2.38. The molecule has 0 spiro atoms. The predicted molar refractivity (Wildman–Crippen MR) is 73.2 cm³/mol. The van der Waals surface area contributed by atoms with Crippen LogP contribution in [0, 0.1) is 5.41 Å². The smallest absolute Gasteiger partial charge is 0.264 e. The predicted octanol–water partition coefficient (Wildman–Crippen LogP) is 2.35. The van der Waals surface area contributed by atoms with Gasteiger partial charge in [-0.25, -0.2) is 0 Å². The van der Waals surface area contributed by atoms with E-state index >= 15 is 0 Å². The third kappa shape index (κ3) is 4.60. The van der Waals surface area contributed by atoms with Crippen molar-refractivity contribution in [3.05, 3.63) is 35.9 Å². The summed E-state index contributed by atoms with van der Waals surface area (Å²) in [7, 11) is -3.37. The molecule has 5 heteroatoms. The van der Waals surface area contributed by atoms with E-state index in [2.05, 4.69) is 0 Å². The minimum atomic E-state index is -3.37. The molecule has 0 unspecified atom stereocenters. The summed E-state index contributed by atoms with van der Waals surface area (Å²) in [6, 6.07) is 9.95. The zero-order valence-electron chi connectivity index (χ0n) is 11.2. The molecule has 0 bridgehead atoms. The molecule has 0 amide bonds. The van der Waals surface area contributed by atoms with Gasteiger partial charge in [-0.1, -0.05) is 36.8 Å². The molecule has 1 aromatic rings. The van der Waals surface area contributed by atoms with Crippen LogP contribution in [0.15, 0.2) is 30.3 Å². The standard InChI is InChI=1S/C14H20O4S/c1-19(15,16)18-12-14(8-5-9-14)11-17-10-13-6-3-2-4-7-13/h2-4,6-7H,5,8-12H2,1H3. The molecule has 4 nitrogen and oxygen atoms in total. The molecule has 0 atom stereocenters. The third-order valence-corrected chi connectivity index (χ3v) is 4.06. The van der Waals surface area contributed by atoms with Crippen LogP contribution in [-0.2, 0) is 25.6 Å². The van der Waals surface area contributed by atoms with Gasteiger partial charge in [0.15, 0.2) is 0 Å². The Kier molecular flexibility index (Phi) is 4.60. The van der Waals surface area contributed by atoms with Gasteiger partial charge in [-0.3, -0.25) is 4.18 Å². The van der Waals surface area contributed by atoms with Crippen molar-refractivity contribution in [1.29, 1.82) is 0 Å². The average molecular weight is 284 g/mol. The number of rotatable bonds is 7. The first kappa shape index (κ1) is 14.5. The number of benzene rings is 1. The first-order chi connectivity index (χ1) is 8.99. The summed E-state index contributed by atoms with van der Waals surface area (Å²) in [6.45, 7) is 1.35. The van der Waals surface area contributed by atoms with E-state index < -0.39 is 10.1 Å². The van der Waals surface area contributed by atoms with Gasteiger partial charge in [0.05, 0.1) is 26.1 Å². The zero-order chi connectivity index (χ0) is 13.8. The second kappa shape index (κ2) is 6.03. The van der Waals surface area contributed by atoms with Gasteiger partial charge in [0.1, 0.15) is 0 Å². The van der Waals surface area contributed by atoms with Gasteiger partial charge in [-0.15, -0.1) is 0 Å². The van der Waals surface area contributed by atoms with E-state index in [1.807, 2.05) is 30.3 Å². The largest absolute Gasteiger partial charge is 0.376 e. The maximum atomic E-state index is 11.1. The van der Waals surface area contributed by atoms with Crippen molar-refractivity contribution in [2.45, 2.75) is 25.9 Å². The van der Waals surface area contributed by atoms with Gasteiger partial charge < -0.3 is 4.74 Å². The Morgan fingerprint density at radius 1 is 1.16 bits per heavy atom. The molecular weight excluding hydrogens is 264 g/mol. The molecule has 0 aliphatic heterocycles. The summed E-state index contributed by atoms with van der Waals surface area (Å²) < 4.78 is 32.7. The highest BCUT2D eigenvalue weighted by atomic mass is 32.2. The highest BCUT2D eigenvalue weighted by Crippen LogP contribution is 2.41. The minimum absolute atomic E-state index is 0.113. The lowest BCUT2D eigenvalue weighted by atomic mass is 9.70. The fourth-order valence-corrected chi connectivity index (χ4v) is 2.66. The van der Waals surface area contributed by atoms with E-state index in [1.165, 1.54) is 0 Å². The Morgan fingerprint density at radius 3 is 2.37 bits per heavy atom. The van der Waals surface area contributed by atoms with Crippen LogP contribution in [0.1, 0.15) is 24.8 Å². The average Bonchev–Trinajstić information content (AvgIpc) is 2.31. The van der Waals surface area contributed by atoms with Crippen LogP contribution in [0.4, 0.5) is 0 Å². The summed E-state index contributed by atoms with van der Waals surface area (Å²) in [5.41, 5.74) is 1.01. The van der Waals surface area contributed by atoms with Crippen molar-refractivity contribution < 1.29 is 17.3 Å². The van der Waals surface area contributed by atoms with Gasteiger partial charge in [0.2, 0.25) is 0 Å². The van der Waals surface area contributed by atoms with Gasteiger partial charge in [0.25, 0.3) is 10.1 Å². The van der Waals surface area contributed by atoms with Crippen molar-refractivity contribution in [3.8, 4) is 0 Å². The van der Waals surface area contributed by atoms with Crippen LogP contribution in [0.2, 0.25) is 0 Å². The van der Waals surface area contributed by atoms with E-state index in [0.29, 0.717) is 13.2 Å². The van der Waals surface area contributed by atoms with Crippen molar-refractivity contribution in [3.63, 3.8) is 0 Å². The Morgan fingerprint density at radius 2 is 1.84 bits per heavy atom. The molecule has 106 valence electrons. The van der Waals surface area contributed by atoms with Gasteiger partial charge in [-0.2, -0.15) is 8.42 Å². The van der Waals surface area contributed by atoms with E-state index in [0.717, 1.165) is 31.1 Å². The van der Waals surface area contributed by atoms with Crippen LogP contribution in [-0.4, -0.2) is 27.9 Å².